The summed E-state index contributed by atoms with van der Waals surface area (Å²) in [6.07, 6.45) is 6.64. The summed E-state index contributed by atoms with van der Waals surface area (Å²) in [6, 6.07) is -0.829. The van der Waals surface area contributed by atoms with Crippen molar-refractivity contribution in [2.45, 2.75) is 64.8 Å². The van der Waals surface area contributed by atoms with E-state index in [1.54, 1.807) is 13.8 Å². The highest BCUT2D eigenvalue weighted by Crippen LogP contribution is 2.60. The highest BCUT2D eigenvalue weighted by atomic mass is 16.5. The second kappa shape index (κ2) is 6.96. The zero-order valence-corrected chi connectivity index (χ0v) is 15.3. The van der Waals surface area contributed by atoms with E-state index in [1.807, 2.05) is 0 Å². The van der Waals surface area contributed by atoms with Crippen LogP contribution in [0.5, 0.6) is 0 Å². The fourth-order valence-electron chi connectivity index (χ4n) is 5.78. The Kier molecular flexibility index (Phi) is 5.07. The van der Waals surface area contributed by atoms with Gasteiger partial charge in [0.05, 0.1) is 13.0 Å². The molecule has 0 spiro atoms. The summed E-state index contributed by atoms with van der Waals surface area (Å²) >= 11 is 0. The molecule has 0 unspecified atom stereocenters. The average Bonchev–Trinajstić information content (AvgIpc) is 2.50. The van der Waals surface area contributed by atoms with Gasteiger partial charge >= 0.3 is 5.97 Å². The maximum absolute atomic E-state index is 13.1. The molecule has 4 saturated carbocycles. The Morgan fingerprint density at radius 3 is 2.08 bits per heavy atom. The second-order valence-corrected chi connectivity index (χ2v) is 8.54. The van der Waals surface area contributed by atoms with Gasteiger partial charge in [-0.15, -0.1) is 0 Å². The van der Waals surface area contributed by atoms with Crippen LogP contribution in [0.3, 0.4) is 0 Å². The van der Waals surface area contributed by atoms with Gasteiger partial charge in [0, 0.05) is 5.41 Å². The first-order valence-electron chi connectivity index (χ1n) is 9.59. The number of primary amides is 1. The molecule has 140 valence electrons. The molecular formula is C19H30N2O4. The summed E-state index contributed by atoms with van der Waals surface area (Å²) in [5, 5.41) is 2.90. The van der Waals surface area contributed by atoms with Crippen molar-refractivity contribution in [2.75, 3.05) is 6.61 Å². The normalized spacial score (nSPS) is 35.0. The molecule has 0 aromatic heterocycles. The number of rotatable bonds is 7. The lowest BCUT2D eigenvalue weighted by Crippen LogP contribution is -2.58. The largest absolute Gasteiger partial charge is 0.466 e. The van der Waals surface area contributed by atoms with E-state index in [-0.39, 0.29) is 29.6 Å². The third kappa shape index (κ3) is 3.67. The standard InChI is InChI=1S/C19H30N2O4/c1-3-25-15(22)4-11(2)16(17(20)23)21-18(24)19-8-12-5-13(9-19)7-14(6-12)10-19/h11-14,16H,3-10H2,1-2H3,(H2,20,23)(H,21,24)/t11-,12?,13?,14?,16+,19?/m1/s1. The van der Waals surface area contributed by atoms with E-state index in [1.165, 1.54) is 19.3 Å². The second-order valence-electron chi connectivity index (χ2n) is 8.54. The van der Waals surface area contributed by atoms with Crippen LogP contribution in [0.15, 0.2) is 0 Å². The molecular weight excluding hydrogens is 320 g/mol. The zero-order chi connectivity index (χ0) is 18.2. The minimum Gasteiger partial charge on any atom is -0.466 e. The van der Waals surface area contributed by atoms with Gasteiger partial charge in [0.2, 0.25) is 11.8 Å². The Balaban J connectivity index is 1.67. The predicted octanol–water partition coefficient (Wildman–Crippen LogP) is 1.76. The number of amides is 2. The van der Waals surface area contributed by atoms with Gasteiger partial charge in [-0.1, -0.05) is 6.92 Å². The molecule has 3 N–H and O–H groups in total. The topological polar surface area (TPSA) is 98.5 Å². The monoisotopic (exact) mass is 350 g/mol. The average molecular weight is 350 g/mol. The van der Waals surface area contributed by atoms with E-state index < -0.39 is 11.9 Å². The maximum atomic E-state index is 13.1. The summed E-state index contributed by atoms with van der Waals surface area (Å²) in [6.45, 7) is 3.79. The van der Waals surface area contributed by atoms with Crippen molar-refractivity contribution in [3.8, 4) is 0 Å². The summed E-state index contributed by atoms with van der Waals surface area (Å²) in [5.74, 6) is 0.587. The highest BCUT2D eigenvalue weighted by Gasteiger charge is 2.55. The molecule has 6 heteroatoms. The number of esters is 1. The quantitative estimate of drug-likeness (QED) is 0.684. The number of nitrogens with two attached hydrogens (primary N) is 1. The SMILES string of the molecule is CCOC(=O)C[C@@H](C)[C@H](NC(=O)C12CC3CC(CC(C3)C1)C2)C(N)=O. The summed E-state index contributed by atoms with van der Waals surface area (Å²) in [4.78, 5) is 36.7. The minimum absolute atomic E-state index is 0.0360. The lowest BCUT2D eigenvalue weighted by Gasteiger charge is -2.55. The van der Waals surface area contributed by atoms with Crippen LogP contribution in [-0.4, -0.2) is 30.4 Å². The van der Waals surface area contributed by atoms with Gasteiger partial charge in [-0.2, -0.15) is 0 Å². The number of carbonyl (C=O) groups is 3. The number of carbonyl (C=O) groups excluding carboxylic acids is 3. The summed E-state index contributed by atoms with van der Waals surface area (Å²) in [7, 11) is 0. The van der Waals surface area contributed by atoms with Crippen LogP contribution in [0, 0.1) is 29.1 Å². The lowest BCUT2D eigenvalue weighted by molar-refractivity contribution is -0.150. The summed E-state index contributed by atoms with van der Waals surface area (Å²) in [5.41, 5.74) is 5.19. The summed E-state index contributed by atoms with van der Waals surface area (Å²) < 4.78 is 4.94. The van der Waals surface area contributed by atoms with E-state index in [0.717, 1.165) is 19.3 Å². The molecule has 4 bridgehead atoms. The molecule has 4 fully saturated rings. The third-order valence-electron chi connectivity index (χ3n) is 6.48. The Morgan fingerprint density at radius 1 is 1.12 bits per heavy atom. The lowest BCUT2D eigenvalue weighted by atomic mass is 9.49. The van der Waals surface area contributed by atoms with Crippen LogP contribution in [0.2, 0.25) is 0 Å². The predicted molar refractivity (Wildman–Crippen MR) is 92.1 cm³/mol. The molecule has 0 aromatic rings. The number of hydrogen-bond donors (Lipinski definition) is 2. The maximum Gasteiger partial charge on any atom is 0.306 e. The van der Waals surface area contributed by atoms with E-state index in [2.05, 4.69) is 5.32 Å². The Labute approximate surface area is 149 Å². The molecule has 0 heterocycles. The van der Waals surface area contributed by atoms with Gasteiger partial charge < -0.3 is 15.8 Å². The molecule has 0 saturated heterocycles. The minimum atomic E-state index is -0.829. The van der Waals surface area contributed by atoms with Gasteiger partial charge in [0.1, 0.15) is 6.04 Å². The van der Waals surface area contributed by atoms with Gasteiger partial charge in [-0.05, 0) is 69.1 Å². The van der Waals surface area contributed by atoms with Crippen molar-refractivity contribution < 1.29 is 19.1 Å². The molecule has 2 atom stereocenters. The molecule has 6 nitrogen and oxygen atoms in total. The third-order valence-corrected chi connectivity index (χ3v) is 6.48. The van der Waals surface area contributed by atoms with Crippen molar-refractivity contribution >= 4 is 17.8 Å². The molecule has 0 aliphatic heterocycles. The highest BCUT2D eigenvalue weighted by molar-refractivity contribution is 5.90. The fourth-order valence-corrected chi connectivity index (χ4v) is 5.78. The van der Waals surface area contributed by atoms with Gasteiger partial charge in [-0.3, -0.25) is 14.4 Å². The number of ether oxygens (including phenoxy) is 1. The van der Waals surface area contributed by atoms with E-state index in [4.69, 9.17) is 10.5 Å². The Hall–Kier alpha value is -1.59. The smallest absolute Gasteiger partial charge is 0.306 e. The van der Waals surface area contributed by atoms with Crippen LogP contribution in [0.25, 0.3) is 0 Å². The Morgan fingerprint density at radius 2 is 1.64 bits per heavy atom. The number of nitrogens with one attached hydrogen (secondary N) is 1. The van der Waals surface area contributed by atoms with Crippen LogP contribution < -0.4 is 11.1 Å². The van der Waals surface area contributed by atoms with E-state index in [9.17, 15) is 14.4 Å². The van der Waals surface area contributed by atoms with Crippen LogP contribution in [0.1, 0.15) is 58.8 Å². The van der Waals surface area contributed by atoms with Crippen molar-refractivity contribution in [1.82, 2.24) is 5.32 Å². The molecule has 2 amide bonds. The Bertz CT molecular complexity index is 524. The van der Waals surface area contributed by atoms with Crippen LogP contribution >= 0.6 is 0 Å². The van der Waals surface area contributed by atoms with Crippen LogP contribution in [-0.2, 0) is 19.1 Å². The molecule has 25 heavy (non-hydrogen) atoms. The van der Waals surface area contributed by atoms with E-state index in [0.29, 0.717) is 24.4 Å². The first-order chi connectivity index (χ1) is 11.8. The molecule has 0 radical (unpaired) electrons. The van der Waals surface area contributed by atoms with Gasteiger partial charge in [0.15, 0.2) is 0 Å². The molecule has 4 aliphatic rings. The first kappa shape index (κ1) is 18.2. The first-order valence-corrected chi connectivity index (χ1v) is 9.59. The number of hydrogen-bond acceptors (Lipinski definition) is 4. The van der Waals surface area contributed by atoms with Crippen molar-refractivity contribution in [3.05, 3.63) is 0 Å². The zero-order valence-electron chi connectivity index (χ0n) is 15.3. The van der Waals surface area contributed by atoms with Crippen molar-refractivity contribution in [3.63, 3.8) is 0 Å². The molecule has 4 aliphatic carbocycles. The molecule has 0 aromatic carbocycles. The van der Waals surface area contributed by atoms with Crippen LogP contribution in [0.4, 0.5) is 0 Å². The van der Waals surface area contributed by atoms with Crippen molar-refractivity contribution in [1.29, 1.82) is 0 Å². The molecule has 4 rings (SSSR count). The van der Waals surface area contributed by atoms with E-state index >= 15 is 0 Å². The van der Waals surface area contributed by atoms with Gasteiger partial charge in [0.25, 0.3) is 0 Å². The van der Waals surface area contributed by atoms with Crippen molar-refractivity contribution in [2.24, 2.45) is 34.8 Å². The fraction of sp³-hybridized carbons (Fsp3) is 0.842. The van der Waals surface area contributed by atoms with Gasteiger partial charge in [-0.25, -0.2) is 0 Å².